The van der Waals surface area contributed by atoms with E-state index in [2.05, 4.69) is 11.2 Å². The van der Waals surface area contributed by atoms with Crippen LogP contribution in [0.25, 0.3) is 0 Å². The van der Waals surface area contributed by atoms with Crippen molar-refractivity contribution in [1.29, 1.82) is 0 Å². The molecular weight excluding hydrogens is 298 g/mol. The second-order valence-corrected chi connectivity index (χ2v) is 4.37. The van der Waals surface area contributed by atoms with Crippen LogP contribution in [0.15, 0.2) is 42.5 Å². The Bertz CT molecular complexity index is 759. The van der Waals surface area contributed by atoms with Gasteiger partial charge < -0.3 is 5.32 Å². The van der Waals surface area contributed by atoms with Crippen LogP contribution in [0.1, 0.15) is 21.5 Å². The highest BCUT2D eigenvalue weighted by molar-refractivity contribution is 6.04. The molecule has 1 N–H and O–H groups in total. The van der Waals surface area contributed by atoms with E-state index in [1.807, 2.05) is 0 Å². The lowest BCUT2D eigenvalue weighted by Crippen LogP contribution is -2.14. The van der Waals surface area contributed by atoms with Gasteiger partial charge in [0, 0.05) is 16.8 Å². The monoisotopic (exact) mass is 307 g/mol. The van der Waals surface area contributed by atoms with Crippen molar-refractivity contribution in [3.05, 3.63) is 65.0 Å². The Balaban J connectivity index is 2.23. The van der Waals surface area contributed by atoms with Crippen LogP contribution < -0.4 is 5.32 Å². The van der Waals surface area contributed by atoms with Crippen LogP contribution in [-0.2, 0) is 6.18 Å². The first-order valence-corrected chi connectivity index (χ1v) is 6.06. The SMILES string of the molecule is C#Cc1cccc(NC(=O)c2ccc(C(F)(F)F)c(F)c2)c1. The summed E-state index contributed by atoms with van der Waals surface area (Å²) in [6, 6.07) is 8.31. The zero-order valence-electron chi connectivity index (χ0n) is 11.0. The van der Waals surface area contributed by atoms with E-state index < -0.39 is 23.5 Å². The van der Waals surface area contributed by atoms with Gasteiger partial charge in [-0.15, -0.1) is 6.42 Å². The van der Waals surface area contributed by atoms with Crippen LogP contribution in [0, 0.1) is 18.2 Å². The second kappa shape index (κ2) is 5.90. The van der Waals surface area contributed by atoms with E-state index in [1.54, 1.807) is 18.2 Å². The minimum atomic E-state index is -4.81. The summed E-state index contributed by atoms with van der Waals surface area (Å²) in [5.41, 5.74) is -0.757. The standard InChI is InChI=1S/C16H9F4NO/c1-2-10-4-3-5-12(8-10)21-15(22)11-6-7-13(14(17)9-11)16(18,19)20/h1,3-9H,(H,21,22). The normalized spacial score (nSPS) is 10.9. The Morgan fingerprint density at radius 1 is 1.14 bits per heavy atom. The van der Waals surface area contributed by atoms with E-state index in [9.17, 15) is 22.4 Å². The number of terminal acetylenes is 1. The number of carbonyl (C=O) groups excluding carboxylic acids is 1. The number of hydrogen-bond acceptors (Lipinski definition) is 1. The average molecular weight is 307 g/mol. The molecule has 1 amide bonds. The summed E-state index contributed by atoms with van der Waals surface area (Å²) in [5, 5.41) is 2.44. The van der Waals surface area contributed by atoms with Crippen molar-refractivity contribution in [3.8, 4) is 12.3 Å². The molecule has 0 unspecified atom stereocenters. The lowest BCUT2D eigenvalue weighted by atomic mass is 10.1. The maximum atomic E-state index is 13.4. The van der Waals surface area contributed by atoms with E-state index >= 15 is 0 Å². The third kappa shape index (κ3) is 3.44. The molecular formula is C16H9F4NO. The van der Waals surface area contributed by atoms with Crippen molar-refractivity contribution in [2.75, 3.05) is 5.32 Å². The number of rotatable bonds is 2. The number of alkyl halides is 3. The van der Waals surface area contributed by atoms with Crippen LogP contribution in [-0.4, -0.2) is 5.91 Å². The van der Waals surface area contributed by atoms with Crippen molar-refractivity contribution in [1.82, 2.24) is 0 Å². The molecule has 0 bridgehead atoms. The number of hydrogen-bond donors (Lipinski definition) is 1. The lowest BCUT2D eigenvalue weighted by molar-refractivity contribution is -0.140. The topological polar surface area (TPSA) is 29.1 Å². The van der Waals surface area contributed by atoms with Gasteiger partial charge in [-0.25, -0.2) is 4.39 Å². The van der Waals surface area contributed by atoms with Crippen molar-refractivity contribution in [2.24, 2.45) is 0 Å². The third-order valence-electron chi connectivity index (χ3n) is 2.82. The van der Waals surface area contributed by atoms with Gasteiger partial charge in [0.2, 0.25) is 0 Å². The van der Waals surface area contributed by atoms with Crippen LogP contribution in [0.4, 0.5) is 23.2 Å². The number of nitrogens with one attached hydrogen (secondary N) is 1. The molecule has 2 rings (SSSR count). The molecule has 0 saturated heterocycles. The van der Waals surface area contributed by atoms with Crippen LogP contribution >= 0.6 is 0 Å². The number of amides is 1. The highest BCUT2D eigenvalue weighted by atomic mass is 19.4. The van der Waals surface area contributed by atoms with Crippen LogP contribution in [0.2, 0.25) is 0 Å². The summed E-state index contributed by atoms with van der Waals surface area (Å²) >= 11 is 0. The highest BCUT2D eigenvalue weighted by Gasteiger charge is 2.34. The largest absolute Gasteiger partial charge is 0.419 e. The van der Waals surface area contributed by atoms with E-state index in [4.69, 9.17) is 6.42 Å². The molecule has 0 spiro atoms. The van der Waals surface area contributed by atoms with Gasteiger partial charge in [0.1, 0.15) is 5.82 Å². The Labute approximate surface area is 123 Å². The van der Waals surface area contributed by atoms with Crippen molar-refractivity contribution < 1.29 is 22.4 Å². The van der Waals surface area contributed by atoms with Crippen LogP contribution in [0.5, 0.6) is 0 Å². The predicted octanol–water partition coefficient (Wildman–Crippen LogP) is 4.08. The summed E-state index contributed by atoms with van der Waals surface area (Å²) in [6.07, 6.45) is 0.414. The Morgan fingerprint density at radius 3 is 2.45 bits per heavy atom. The first-order valence-electron chi connectivity index (χ1n) is 6.06. The van der Waals surface area contributed by atoms with Gasteiger partial charge >= 0.3 is 6.18 Å². The summed E-state index contributed by atoms with van der Waals surface area (Å²) in [7, 11) is 0. The fraction of sp³-hybridized carbons (Fsp3) is 0.0625. The van der Waals surface area contributed by atoms with Crippen molar-refractivity contribution >= 4 is 11.6 Å². The molecule has 2 aromatic carbocycles. The zero-order chi connectivity index (χ0) is 16.3. The molecule has 0 aliphatic heterocycles. The molecule has 112 valence electrons. The first-order chi connectivity index (χ1) is 10.3. The van der Waals surface area contributed by atoms with Crippen molar-refractivity contribution in [3.63, 3.8) is 0 Å². The molecule has 0 aliphatic rings. The fourth-order valence-electron chi connectivity index (χ4n) is 1.78. The summed E-state index contributed by atoms with van der Waals surface area (Å²) in [4.78, 5) is 11.9. The molecule has 0 fully saturated rings. The van der Waals surface area contributed by atoms with Gasteiger partial charge in [-0.2, -0.15) is 13.2 Å². The van der Waals surface area contributed by atoms with E-state index in [1.165, 1.54) is 6.07 Å². The predicted molar refractivity (Wildman–Crippen MR) is 73.7 cm³/mol. The van der Waals surface area contributed by atoms with Crippen molar-refractivity contribution in [2.45, 2.75) is 6.18 Å². The highest BCUT2D eigenvalue weighted by Crippen LogP contribution is 2.31. The maximum Gasteiger partial charge on any atom is 0.419 e. The van der Waals surface area contributed by atoms with E-state index in [0.29, 0.717) is 23.4 Å². The van der Waals surface area contributed by atoms with E-state index in [-0.39, 0.29) is 5.56 Å². The van der Waals surface area contributed by atoms with E-state index in [0.717, 1.165) is 6.07 Å². The molecule has 0 heterocycles. The molecule has 0 aliphatic carbocycles. The summed E-state index contributed by atoms with van der Waals surface area (Å²) < 4.78 is 50.8. The third-order valence-corrected chi connectivity index (χ3v) is 2.82. The zero-order valence-corrected chi connectivity index (χ0v) is 11.0. The molecule has 0 saturated carbocycles. The lowest BCUT2D eigenvalue weighted by Gasteiger charge is -2.10. The maximum absolute atomic E-state index is 13.4. The molecule has 22 heavy (non-hydrogen) atoms. The minimum Gasteiger partial charge on any atom is -0.322 e. The molecule has 2 aromatic rings. The second-order valence-electron chi connectivity index (χ2n) is 4.37. The van der Waals surface area contributed by atoms with Gasteiger partial charge in [0.15, 0.2) is 0 Å². The summed E-state index contributed by atoms with van der Waals surface area (Å²) in [5.74, 6) is 0.141. The fourth-order valence-corrected chi connectivity index (χ4v) is 1.78. The van der Waals surface area contributed by atoms with Gasteiger partial charge in [-0.3, -0.25) is 4.79 Å². The first kappa shape index (κ1) is 15.6. The Kier molecular flexibility index (Phi) is 4.18. The van der Waals surface area contributed by atoms with Gasteiger partial charge in [0.25, 0.3) is 5.91 Å². The number of carbonyl (C=O) groups is 1. The smallest absolute Gasteiger partial charge is 0.322 e. The van der Waals surface area contributed by atoms with Gasteiger partial charge in [-0.1, -0.05) is 12.0 Å². The molecule has 0 atom stereocenters. The number of benzene rings is 2. The molecule has 0 radical (unpaired) electrons. The Morgan fingerprint density at radius 2 is 1.86 bits per heavy atom. The van der Waals surface area contributed by atoms with Gasteiger partial charge in [0.05, 0.1) is 5.56 Å². The quantitative estimate of drug-likeness (QED) is 0.657. The number of halogens is 4. The molecule has 0 aromatic heterocycles. The summed E-state index contributed by atoms with van der Waals surface area (Å²) in [6.45, 7) is 0. The molecule has 2 nitrogen and oxygen atoms in total. The minimum absolute atomic E-state index is 0.225. The van der Waals surface area contributed by atoms with Gasteiger partial charge in [-0.05, 0) is 36.4 Å². The molecule has 6 heteroatoms. The number of anilines is 1. The van der Waals surface area contributed by atoms with Crippen LogP contribution in [0.3, 0.4) is 0 Å². The average Bonchev–Trinajstić information content (AvgIpc) is 2.46. The Hall–Kier alpha value is -2.81.